The van der Waals surface area contributed by atoms with E-state index >= 15 is 0 Å². The van der Waals surface area contributed by atoms with Gasteiger partial charge in [-0.1, -0.05) is 61.5 Å². The highest BCUT2D eigenvalue weighted by Crippen LogP contribution is 2.19. The molecule has 620 valence electrons. The van der Waals surface area contributed by atoms with Crippen molar-refractivity contribution in [3.8, 4) is 5.75 Å². The first-order valence-corrected chi connectivity index (χ1v) is 35.0. The second-order valence-electron chi connectivity index (χ2n) is 25.9. The van der Waals surface area contributed by atoms with Crippen molar-refractivity contribution in [2.24, 2.45) is 17.4 Å². The molecule has 0 aliphatic carbocycles. The normalized spacial score (nSPS) is 21.1. The minimum absolute atomic E-state index is 0.0574. The van der Waals surface area contributed by atoms with Crippen molar-refractivity contribution in [2.45, 2.75) is 164 Å². The molecule has 13 atom stereocenters. The number of aliphatic hydroxyl groups is 1. The molecule has 0 radical (unpaired) electrons. The Kier molecular flexibility index (Phi) is 37.8. The number of cyclic esters (lactones) is 1. The summed E-state index contributed by atoms with van der Waals surface area (Å²) in [7, 11) is 1.44. The lowest BCUT2D eigenvalue weighted by Gasteiger charge is -2.30. The van der Waals surface area contributed by atoms with Crippen LogP contribution in [0.4, 0.5) is 10.5 Å². The Morgan fingerprint density at radius 3 is 1.70 bits per heavy atom. The van der Waals surface area contributed by atoms with Crippen LogP contribution in [0.2, 0.25) is 0 Å². The maximum absolute atomic E-state index is 14.8. The summed E-state index contributed by atoms with van der Waals surface area (Å²) in [6, 6.07) is -2.68. The SMILES string of the molecule is COc1ccc(CC[C@H](N)C(=O)N[C@H](CC(N)=O)C(=O)N[C@@H](CC(=O)O)C(=O)N[C@@H]2C(=O)NCC(=O)N[C@@H](CCCNC(=O)OCc3ccccc3)C(=O)N[C@@H](CC(=O)O)C(=O)N[C@H](C)C(=O)N[C@@H](CC(=O)O)C(=O)NCC(=O)N[C@H](CO)C(=O)N[C@@H]([C@H](C)CC(=O)O)C(=O)N[C@@H](CC(=O)c3ccccc3N)C(=O)O[C@@H]2C)cc1. The number of alkyl carbamates (subject to hydrolysis) is 1. The van der Waals surface area contributed by atoms with Gasteiger partial charge in [-0.05, 0) is 80.8 Å². The molecule has 24 N–H and O–H groups in total. The van der Waals surface area contributed by atoms with Crippen molar-refractivity contribution in [1.82, 2.24) is 69.1 Å². The molecule has 0 saturated carbocycles. The summed E-state index contributed by atoms with van der Waals surface area (Å²) in [5, 5.41) is 77.5. The first-order chi connectivity index (χ1) is 53.8. The second-order valence-corrected chi connectivity index (χ2v) is 25.9. The van der Waals surface area contributed by atoms with Crippen LogP contribution in [0.15, 0.2) is 78.9 Å². The predicted molar refractivity (Wildman–Crippen MR) is 389 cm³/mol. The lowest BCUT2D eigenvalue weighted by Crippen LogP contribution is -2.61. The first-order valence-electron chi connectivity index (χ1n) is 35.0. The molecule has 14 amide bonds. The molecule has 0 aromatic heterocycles. The number of benzene rings is 3. The van der Waals surface area contributed by atoms with Crippen molar-refractivity contribution in [3.05, 3.63) is 95.6 Å². The molecule has 1 fully saturated rings. The molecule has 114 heavy (non-hydrogen) atoms. The van der Waals surface area contributed by atoms with Gasteiger partial charge in [-0.2, -0.15) is 0 Å². The van der Waals surface area contributed by atoms with Gasteiger partial charge in [-0.3, -0.25) is 86.3 Å². The maximum atomic E-state index is 14.8. The number of ether oxygens (including phenoxy) is 3. The smallest absolute Gasteiger partial charge is 0.407 e. The van der Waals surface area contributed by atoms with Gasteiger partial charge in [0, 0.05) is 24.2 Å². The number of ketones is 1. The fourth-order valence-electron chi connectivity index (χ4n) is 10.7. The van der Waals surface area contributed by atoms with E-state index in [0.29, 0.717) is 16.9 Å². The van der Waals surface area contributed by atoms with Gasteiger partial charge in [0.2, 0.25) is 76.8 Å². The van der Waals surface area contributed by atoms with Crippen LogP contribution in [-0.2, 0) is 109 Å². The summed E-state index contributed by atoms with van der Waals surface area (Å²) >= 11 is 0. The third kappa shape index (κ3) is 32.3. The average molecular weight is 1610 g/mol. The van der Waals surface area contributed by atoms with Gasteiger partial charge in [-0.25, -0.2) is 9.59 Å². The fraction of sp³-hybridized carbons (Fsp3) is 0.457. The number of primary amides is 1. The van der Waals surface area contributed by atoms with E-state index < -0.39 is 262 Å². The second kappa shape index (κ2) is 46.3. The van der Waals surface area contributed by atoms with Gasteiger partial charge in [-0.15, -0.1) is 0 Å². The number of hydrogen-bond donors (Lipinski definition) is 21. The molecule has 44 heteroatoms. The van der Waals surface area contributed by atoms with Gasteiger partial charge < -0.3 is 126 Å². The Morgan fingerprint density at radius 1 is 0.570 bits per heavy atom. The molecule has 0 bridgehead atoms. The van der Waals surface area contributed by atoms with E-state index in [1.54, 1.807) is 54.6 Å². The lowest BCUT2D eigenvalue weighted by molar-refractivity contribution is -0.156. The molecule has 44 nitrogen and oxygen atoms in total. The Hall–Kier alpha value is -13.4. The number of esters is 1. The summed E-state index contributed by atoms with van der Waals surface area (Å²) < 4.78 is 16.0. The number of carboxylic acids is 4. The summed E-state index contributed by atoms with van der Waals surface area (Å²) in [5.74, 6) is -29.0. The fourth-order valence-corrected chi connectivity index (χ4v) is 10.7. The quantitative estimate of drug-likeness (QED) is 0.0123. The molecular formula is C70H92N16O28. The number of nitrogens with one attached hydrogen (secondary N) is 13. The number of para-hydroxylation sites is 1. The topological polar surface area (TPSA) is 705 Å². The highest BCUT2D eigenvalue weighted by molar-refractivity contribution is 6.05. The number of rotatable bonds is 31. The van der Waals surface area contributed by atoms with Gasteiger partial charge >= 0.3 is 35.9 Å². The van der Waals surface area contributed by atoms with Crippen molar-refractivity contribution in [1.29, 1.82) is 0 Å². The Morgan fingerprint density at radius 2 is 1.11 bits per heavy atom. The third-order valence-electron chi connectivity index (χ3n) is 16.8. The van der Waals surface area contributed by atoms with Crippen LogP contribution < -0.4 is 91.1 Å². The number of carbonyl (C=O) groups excluding carboxylic acids is 16. The number of methoxy groups -OCH3 is 1. The van der Waals surface area contributed by atoms with E-state index in [1.165, 1.54) is 31.4 Å². The Bertz CT molecular complexity index is 4020. The number of nitrogens with two attached hydrogens (primary N) is 3. The maximum Gasteiger partial charge on any atom is 0.407 e. The monoisotopic (exact) mass is 1600 g/mol. The van der Waals surface area contributed by atoms with Gasteiger partial charge in [0.05, 0.1) is 65.0 Å². The van der Waals surface area contributed by atoms with E-state index in [4.69, 9.17) is 31.4 Å². The van der Waals surface area contributed by atoms with Crippen LogP contribution in [0.25, 0.3) is 0 Å². The molecule has 3 aromatic carbocycles. The number of aliphatic hydroxyl groups excluding tert-OH is 1. The van der Waals surface area contributed by atoms with Crippen LogP contribution in [0.5, 0.6) is 5.75 Å². The highest BCUT2D eigenvalue weighted by Gasteiger charge is 2.41. The first kappa shape index (κ1) is 93.0. The van der Waals surface area contributed by atoms with Crippen LogP contribution in [0.1, 0.15) is 100 Å². The minimum atomic E-state index is -2.47. The third-order valence-corrected chi connectivity index (χ3v) is 16.8. The zero-order chi connectivity index (χ0) is 85.1. The van der Waals surface area contributed by atoms with Crippen molar-refractivity contribution in [3.63, 3.8) is 0 Å². The predicted octanol–water partition coefficient (Wildman–Crippen LogP) is -7.03. The molecule has 3 aromatic rings. The summed E-state index contributed by atoms with van der Waals surface area (Å²) in [6.45, 7) is -1.42. The molecule has 1 aliphatic heterocycles. The van der Waals surface area contributed by atoms with Crippen molar-refractivity contribution in [2.75, 3.05) is 39.1 Å². The van der Waals surface area contributed by atoms with Gasteiger partial charge in [0.25, 0.3) is 0 Å². The zero-order valence-corrected chi connectivity index (χ0v) is 62.0. The molecule has 0 spiro atoms. The number of hydrogen-bond acceptors (Lipinski definition) is 26. The van der Waals surface area contributed by atoms with Crippen molar-refractivity contribution < 1.29 is 136 Å². The van der Waals surface area contributed by atoms with Crippen LogP contribution in [-0.4, -0.2) is 250 Å². The molecule has 1 heterocycles. The molecule has 1 aliphatic rings. The lowest BCUT2D eigenvalue weighted by atomic mass is 9.96. The van der Waals surface area contributed by atoms with E-state index in [9.17, 15) is 121 Å². The molecular weight excluding hydrogens is 1510 g/mol. The largest absolute Gasteiger partial charge is 0.497 e. The number of aliphatic carboxylic acids is 4. The van der Waals surface area contributed by atoms with E-state index in [-0.39, 0.29) is 43.7 Å². The van der Waals surface area contributed by atoms with Crippen LogP contribution in [0.3, 0.4) is 0 Å². The number of aryl methyl sites for hydroxylation is 1. The Labute approximate surface area is 648 Å². The average Bonchev–Trinajstić information content (AvgIpc) is 0.836. The van der Waals surface area contributed by atoms with Crippen molar-refractivity contribution >= 4 is 124 Å². The number of Topliss-reactive ketones (excluding diaryl/α,β-unsaturated/α-hetero) is 1. The summed E-state index contributed by atoms with van der Waals surface area (Å²) in [6.07, 6.45) is -10.9. The molecule has 0 unspecified atom stereocenters. The zero-order valence-electron chi connectivity index (χ0n) is 62.0. The number of amides is 14. The number of carboxylic acid groups (broad SMARTS) is 4. The number of nitrogen functional groups attached to an aromatic ring is 1. The van der Waals surface area contributed by atoms with E-state index in [1.807, 2.05) is 21.3 Å². The number of anilines is 1. The van der Waals surface area contributed by atoms with Crippen LogP contribution in [0, 0.1) is 5.92 Å². The van der Waals surface area contributed by atoms with E-state index in [2.05, 4.69) is 47.9 Å². The highest BCUT2D eigenvalue weighted by atomic mass is 16.6. The summed E-state index contributed by atoms with van der Waals surface area (Å²) in [4.78, 5) is 271. The standard InChI is InChI=1S/C70H92N16O28/c1-33(23-53(92)93)57-68(109)84-47(24-49(88)39-13-8-9-14-40(39)71)69(110)114-35(3)58(86-65(106)46(28-56(98)99)83-64(105)43(25-50(73)89)81-60(101)41(72)21-18-36-16-19-38(112-4)20-17-36)67(108)76-30-51(90)78-42(15-10-22-74-70(111)113-32-37-11-6-5-7-12-37)62(103)82-45(27-55(96)97)63(104)77-34(2)59(100)80-44(26-54(94)95)61(102)75-29-52(91)79-48(31-87)66(107)85-57/h5-9,11-14,16-17,19-20,33-35,41-48,57-58,87H,10,15,18,21-32,71-72H2,1-4H3,(H2,73,89)(H,74,111)(H,75,102)(H,76,108)(H,77,104)(H,78,90)(H,79,91)(H,80,100)(H,81,101)(H,82,103)(H,83,105)(H,84,109)(H,85,107)(H,86,106)(H,92,93)(H,94,95)(H,96,97)(H,98,99)/t33-,34-,35-,41+,42+,43-,44+,45+,46+,47+,48-,57+,58+/m1/s1. The minimum Gasteiger partial charge on any atom is -0.497 e. The number of carbonyl (C=O) groups is 20. The van der Waals surface area contributed by atoms with Gasteiger partial charge in [0.15, 0.2) is 5.78 Å². The molecule has 1 saturated heterocycles. The molecule has 4 rings (SSSR count). The van der Waals surface area contributed by atoms with E-state index in [0.717, 1.165) is 20.8 Å². The van der Waals surface area contributed by atoms with Crippen LogP contribution >= 0.6 is 0 Å². The Balaban J connectivity index is 1.89. The van der Waals surface area contributed by atoms with Gasteiger partial charge in [0.1, 0.15) is 78.9 Å². The summed E-state index contributed by atoms with van der Waals surface area (Å²) in [5.41, 5.74) is 18.5.